The standard InChI is InChI=1S/C19H15Cl2N3O/c20-16-7-4-8-17(18(16)21)24-19(25)14-9-15(12-22-11-14)23-10-13-5-2-1-3-6-13/h1-9,11-12,23H,10H2,(H,24,25). The normalized spacial score (nSPS) is 10.3. The van der Waals surface area contributed by atoms with Gasteiger partial charge >= 0.3 is 0 Å². The molecule has 4 nitrogen and oxygen atoms in total. The van der Waals surface area contributed by atoms with Crippen LogP contribution in [-0.2, 0) is 6.54 Å². The van der Waals surface area contributed by atoms with Gasteiger partial charge in [-0.2, -0.15) is 0 Å². The highest BCUT2D eigenvalue weighted by atomic mass is 35.5. The zero-order valence-electron chi connectivity index (χ0n) is 13.2. The van der Waals surface area contributed by atoms with Crippen molar-refractivity contribution in [3.05, 3.63) is 88.2 Å². The van der Waals surface area contributed by atoms with Crippen LogP contribution in [0.1, 0.15) is 15.9 Å². The molecule has 0 aliphatic heterocycles. The Morgan fingerprint density at radius 3 is 2.60 bits per heavy atom. The number of rotatable bonds is 5. The Hall–Kier alpha value is -2.56. The zero-order valence-corrected chi connectivity index (χ0v) is 14.7. The lowest BCUT2D eigenvalue weighted by Gasteiger charge is -2.10. The average molecular weight is 372 g/mol. The largest absolute Gasteiger partial charge is 0.380 e. The van der Waals surface area contributed by atoms with Crippen molar-refractivity contribution in [1.82, 2.24) is 4.98 Å². The van der Waals surface area contributed by atoms with Gasteiger partial charge in [-0.15, -0.1) is 0 Å². The number of carbonyl (C=O) groups excluding carboxylic acids is 1. The van der Waals surface area contributed by atoms with Gasteiger partial charge in [0.1, 0.15) is 0 Å². The van der Waals surface area contributed by atoms with Crippen molar-refractivity contribution in [2.75, 3.05) is 10.6 Å². The molecule has 0 unspecified atom stereocenters. The second kappa shape index (κ2) is 8.01. The molecule has 1 amide bonds. The van der Waals surface area contributed by atoms with Crippen LogP contribution < -0.4 is 10.6 Å². The van der Waals surface area contributed by atoms with Gasteiger partial charge in [0.15, 0.2) is 0 Å². The number of nitrogens with zero attached hydrogens (tertiary/aromatic N) is 1. The maximum absolute atomic E-state index is 12.4. The number of nitrogens with one attached hydrogen (secondary N) is 2. The smallest absolute Gasteiger partial charge is 0.257 e. The summed E-state index contributed by atoms with van der Waals surface area (Å²) in [5, 5.41) is 6.69. The second-order valence-corrected chi connectivity index (χ2v) is 6.14. The number of amides is 1. The summed E-state index contributed by atoms with van der Waals surface area (Å²) in [6.45, 7) is 0.647. The van der Waals surface area contributed by atoms with Crippen LogP contribution in [0.2, 0.25) is 10.0 Å². The van der Waals surface area contributed by atoms with Gasteiger partial charge in [-0.1, -0.05) is 59.6 Å². The maximum Gasteiger partial charge on any atom is 0.257 e. The molecule has 1 aromatic heterocycles. The van der Waals surface area contributed by atoms with E-state index in [1.807, 2.05) is 30.3 Å². The molecule has 2 aromatic carbocycles. The van der Waals surface area contributed by atoms with Crippen molar-refractivity contribution in [1.29, 1.82) is 0 Å². The van der Waals surface area contributed by atoms with Crippen molar-refractivity contribution < 1.29 is 4.79 Å². The van der Waals surface area contributed by atoms with Crippen LogP contribution >= 0.6 is 23.2 Å². The maximum atomic E-state index is 12.4. The van der Waals surface area contributed by atoms with E-state index in [0.29, 0.717) is 27.8 Å². The summed E-state index contributed by atoms with van der Waals surface area (Å²) in [4.78, 5) is 16.5. The number of hydrogen-bond acceptors (Lipinski definition) is 3. The molecule has 0 spiro atoms. The van der Waals surface area contributed by atoms with Gasteiger partial charge in [-0.3, -0.25) is 9.78 Å². The lowest BCUT2D eigenvalue weighted by Crippen LogP contribution is -2.13. The van der Waals surface area contributed by atoms with E-state index in [4.69, 9.17) is 23.2 Å². The van der Waals surface area contributed by atoms with Gasteiger partial charge in [0.25, 0.3) is 5.91 Å². The minimum Gasteiger partial charge on any atom is -0.380 e. The molecular weight excluding hydrogens is 357 g/mol. The van der Waals surface area contributed by atoms with E-state index < -0.39 is 0 Å². The highest BCUT2D eigenvalue weighted by molar-refractivity contribution is 6.44. The van der Waals surface area contributed by atoms with Crippen LogP contribution in [0.4, 0.5) is 11.4 Å². The van der Waals surface area contributed by atoms with Crippen molar-refractivity contribution in [3.63, 3.8) is 0 Å². The summed E-state index contributed by atoms with van der Waals surface area (Å²) < 4.78 is 0. The number of hydrogen-bond donors (Lipinski definition) is 2. The Kier molecular flexibility index (Phi) is 5.53. The van der Waals surface area contributed by atoms with Crippen LogP contribution in [0.15, 0.2) is 67.0 Å². The molecule has 3 aromatic rings. The summed E-state index contributed by atoms with van der Waals surface area (Å²) in [6, 6.07) is 16.8. The third-order valence-corrected chi connectivity index (χ3v) is 4.36. The molecule has 0 saturated carbocycles. The topological polar surface area (TPSA) is 54.0 Å². The first-order valence-corrected chi connectivity index (χ1v) is 8.37. The lowest BCUT2D eigenvalue weighted by molar-refractivity contribution is 0.102. The molecule has 1 heterocycles. The highest BCUT2D eigenvalue weighted by Gasteiger charge is 2.11. The molecule has 2 N–H and O–H groups in total. The van der Waals surface area contributed by atoms with Crippen LogP contribution in [0.5, 0.6) is 0 Å². The summed E-state index contributed by atoms with van der Waals surface area (Å²) in [5.74, 6) is -0.306. The van der Waals surface area contributed by atoms with Gasteiger partial charge in [-0.25, -0.2) is 0 Å². The van der Waals surface area contributed by atoms with E-state index in [2.05, 4.69) is 15.6 Å². The van der Waals surface area contributed by atoms with Crippen LogP contribution in [0, 0.1) is 0 Å². The summed E-state index contributed by atoms with van der Waals surface area (Å²) in [5.41, 5.74) is 2.78. The van der Waals surface area contributed by atoms with Gasteiger partial charge in [0.05, 0.1) is 27.0 Å². The summed E-state index contributed by atoms with van der Waals surface area (Å²) >= 11 is 12.1. The molecule has 126 valence electrons. The fourth-order valence-electron chi connectivity index (χ4n) is 2.26. The van der Waals surface area contributed by atoms with Gasteiger partial charge in [0, 0.05) is 18.9 Å². The Morgan fingerprint density at radius 1 is 1.00 bits per heavy atom. The van der Waals surface area contributed by atoms with Crippen molar-refractivity contribution >= 4 is 40.5 Å². The van der Waals surface area contributed by atoms with E-state index in [1.54, 1.807) is 30.5 Å². The quantitative estimate of drug-likeness (QED) is 0.643. The predicted molar refractivity (Wildman–Crippen MR) is 102 cm³/mol. The highest BCUT2D eigenvalue weighted by Crippen LogP contribution is 2.29. The van der Waals surface area contributed by atoms with Crippen LogP contribution in [0.25, 0.3) is 0 Å². The molecule has 6 heteroatoms. The number of pyridine rings is 1. The van der Waals surface area contributed by atoms with Gasteiger partial charge in [-0.05, 0) is 23.8 Å². The molecule has 0 fully saturated rings. The Balaban J connectivity index is 1.70. The van der Waals surface area contributed by atoms with Crippen LogP contribution in [0.3, 0.4) is 0 Å². The first-order valence-electron chi connectivity index (χ1n) is 7.61. The first-order chi connectivity index (χ1) is 12.1. The second-order valence-electron chi connectivity index (χ2n) is 5.36. The molecule has 0 bridgehead atoms. The van der Waals surface area contributed by atoms with E-state index in [-0.39, 0.29) is 5.91 Å². The number of benzene rings is 2. The van der Waals surface area contributed by atoms with E-state index in [9.17, 15) is 4.79 Å². The number of aromatic nitrogens is 1. The predicted octanol–water partition coefficient (Wildman–Crippen LogP) is 5.25. The number of carbonyl (C=O) groups is 1. The third-order valence-electron chi connectivity index (χ3n) is 3.54. The van der Waals surface area contributed by atoms with E-state index >= 15 is 0 Å². The van der Waals surface area contributed by atoms with Crippen molar-refractivity contribution in [2.24, 2.45) is 0 Å². The molecule has 0 aliphatic rings. The fourth-order valence-corrected chi connectivity index (χ4v) is 2.60. The van der Waals surface area contributed by atoms with E-state index in [1.165, 1.54) is 6.20 Å². The molecule has 0 radical (unpaired) electrons. The monoisotopic (exact) mass is 371 g/mol. The molecular formula is C19H15Cl2N3O. The average Bonchev–Trinajstić information content (AvgIpc) is 2.65. The number of halogens is 2. The lowest BCUT2D eigenvalue weighted by atomic mass is 10.2. The van der Waals surface area contributed by atoms with Gasteiger partial charge in [0.2, 0.25) is 0 Å². The Morgan fingerprint density at radius 2 is 1.80 bits per heavy atom. The van der Waals surface area contributed by atoms with E-state index in [0.717, 1.165) is 11.3 Å². The number of anilines is 2. The molecule has 0 aliphatic carbocycles. The van der Waals surface area contributed by atoms with Crippen LogP contribution in [-0.4, -0.2) is 10.9 Å². The third kappa shape index (κ3) is 4.50. The summed E-state index contributed by atoms with van der Waals surface area (Å²) in [6.07, 6.45) is 3.17. The fraction of sp³-hybridized carbons (Fsp3) is 0.0526. The van der Waals surface area contributed by atoms with Crippen molar-refractivity contribution in [2.45, 2.75) is 6.54 Å². The van der Waals surface area contributed by atoms with Crippen molar-refractivity contribution in [3.8, 4) is 0 Å². The van der Waals surface area contributed by atoms with Gasteiger partial charge < -0.3 is 10.6 Å². The Labute approximate surface area is 155 Å². The first kappa shape index (κ1) is 17.3. The SMILES string of the molecule is O=C(Nc1cccc(Cl)c1Cl)c1cncc(NCc2ccccc2)c1. The zero-order chi connectivity index (χ0) is 17.6. The summed E-state index contributed by atoms with van der Waals surface area (Å²) in [7, 11) is 0. The molecule has 0 saturated heterocycles. The molecule has 3 rings (SSSR count). The Bertz CT molecular complexity index is 885. The molecule has 0 atom stereocenters. The minimum atomic E-state index is -0.306. The molecule has 25 heavy (non-hydrogen) atoms. The minimum absolute atomic E-state index is 0.306.